The molecule has 1 heterocycles. The van der Waals surface area contributed by atoms with Crippen LogP contribution in [0.25, 0.3) is 0 Å². The van der Waals surface area contributed by atoms with E-state index in [-0.39, 0.29) is 5.97 Å². The number of carbonyl (C=O) groups is 1. The number of hydrogen-bond donors (Lipinski definition) is 2. The topological polar surface area (TPSA) is 81.2 Å². The van der Waals surface area contributed by atoms with Gasteiger partial charge in [0.15, 0.2) is 17.5 Å². The SMILES string of the molecule is CCNC(=NCCCCCCC(=O)OC)Nc1ccc2c(c1)OCCCO2. The van der Waals surface area contributed by atoms with Crippen LogP contribution in [0.3, 0.4) is 0 Å². The summed E-state index contributed by atoms with van der Waals surface area (Å²) in [6.45, 7) is 4.91. The smallest absolute Gasteiger partial charge is 0.305 e. The van der Waals surface area contributed by atoms with Gasteiger partial charge in [0, 0.05) is 37.7 Å². The minimum atomic E-state index is -0.137. The van der Waals surface area contributed by atoms with Crippen LogP contribution in [-0.4, -0.2) is 45.3 Å². The van der Waals surface area contributed by atoms with Crippen molar-refractivity contribution >= 4 is 17.6 Å². The van der Waals surface area contributed by atoms with Crippen molar-refractivity contribution in [2.24, 2.45) is 4.99 Å². The van der Waals surface area contributed by atoms with Gasteiger partial charge in [0.25, 0.3) is 0 Å². The van der Waals surface area contributed by atoms with Crippen molar-refractivity contribution in [2.45, 2.75) is 45.4 Å². The van der Waals surface area contributed by atoms with Crippen LogP contribution in [0.4, 0.5) is 5.69 Å². The molecule has 0 radical (unpaired) electrons. The highest BCUT2D eigenvalue weighted by atomic mass is 16.5. The summed E-state index contributed by atoms with van der Waals surface area (Å²) in [4.78, 5) is 15.7. The molecule has 0 aromatic heterocycles. The Morgan fingerprint density at radius 2 is 1.93 bits per heavy atom. The van der Waals surface area contributed by atoms with Gasteiger partial charge in [0.2, 0.25) is 0 Å². The molecule has 1 aromatic carbocycles. The second-order valence-corrected chi connectivity index (χ2v) is 6.34. The van der Waals surface area contributed by atoms with Crippen LogP contribution in [0, 0.1) is 0 Å². The van der Waals surface area contributed by atoms with E-state index < -0.39 is 0 Å². The van der Waals surface area contributed by atoms with Gasteiger partial charge >= 0.3 is 5.97 Å². The molecule has 0 unspecified atom stereocenters. The summed E-state index contributed by atoms with van der Waals surface area (Å²) >= 11 is 0. The van der Waals surface area contributed by atoms with Crippen molar-refractivity contribution in [3.8, 4) is 11.5 Å². The maximum atomic E-state index is 11.1. The van der Waals surface area contributed by atoms with Crippen molar-refractivity contribution in [2.75, 3.05) is 38.7 Å². The number of nitrogens with zero attached hydrogens (tertiary/aromatic N) is 1. The lowest BCUT2D eigenvalue weighted by atomic mass is 10.1. The average molecular weight is 377 g/mol. The zero-order chi connectivity index (χ0) is 19.3. The highest BCUT2D eigenvalue weighted by Gasteiger charge is 2.11. The molecule has 0 aliphatic carbocycles. The van der Waals surface area contributed by atoms with E-state index in [2.05, 4.69) is 20.4 Å². The van der Waals surface area contributed by atoms with Gasteiger partial charge in [0.05, 0.1) is 20.3 Å². The van der Waals surface area contributed by atoms with E-state index in [4.69, 9.17) is 9.47 Å². The molecule has 150 valence electrons. The van der Waals surface area contributed by atoms with Crippen LogP contribution in [-0.2, 0) is 9.53 Å². The van der Waals surface area contributed by atoms with Crippen LogP contribution in [0.1, 0.15) is 45.4 Å². The Kier molecular flexibility index (Phi) is 9.30. The molecule has 2 rings (SSSR count). The lowest BCUT2D eigenvalue weighted by molar-refractivity contribution is -0.140. The van der Waals surface area contributed by atoms with Crippen LogP contribution in [0.2, 0.25) is 0 Å². The number of esters is 1. The van der Waals surface area contributed by atoms with Crippen molar-refractivity contribution < 1.29 is 19.0 Å². The molecule has 0 fully saturated rings. The Balaban J connectivity index is 1.79. The fourth-order valence-corrected chi connectivity index (χ4v) is 2.71. The quantitative estimate of drug-likeness (QED) is 0.297. The number of carbonyl (C=O) groups excluding carboxylic acids is 1. The molecule has 2 N–H and O–H groups in total. The average Bonchev–Trinajstić information content (AvgIpc) is 2.92. The molecule has 1 aliphatic rings. The molecule has 0 amide bonds. The number of rotatable bonds is 9. The fourth-order valence-electron chi connectivity index (χ4n) is 2.71. The van der Waals surface area contributed by atoms with Gasteiger partial charge in [-0.3, -0.25) is 9.79 Å². The van der Waals surface area contributed by atoms with E-state index in [0.29, 0.717) is 19.6 Å². The third-order valence-corrected chi connectivity index (χ3v) is 4.14. The van der Waals surface area contributed by atoms with Crippen molar-refractivity contribution in [1.82, 2.24) is 5.32 Å². The largest absolute Gasteiger partial charge is 0.490 e. The minimum Gasteiger partial charge on any atom is -0.490 e. The summed E-state index contributed by atoms with van der Waals surface area (Å²) in [5.74, 6) is 2.16. The number of fused-ring (bicyclic) bond motifs is 1. The zero-order valence-corrected chi connectivity index (χ0v) is 16.4. The second-order valence-electron chi connectivity index (χ2n) is 6.34. The first-order valence-corrected chi connectivity index (χ1v) is 9.74. The number of methoxy groups -OCH3 is 1. The molecular weight excluding hydrogens is 346 g/mol. The first-order valence-electron chi connectivity index (χ1n) is 9.74. The van der Waals surface area contributed by atoms with E-state index in [1.807, 2.05) is 25.1 Å². The number of hydrogen-bond acceptors (Lipinski definition) is 5. The van der Waals surface area contributed by atoms with Gasteiger partial charge in [-0.1, -0.05) is 12.8 Å². The van der Waals surface area contributed by atoms with Crippen LogP contribution < -0.4 is 20.1 Å². The maximum Gasteiger partial charge on any atom is 0.305 e. The molecule has 1 aliphatic heterocycles. The number of ether oxygens (including phenoxy) is 3. The van der Waals surface area contributed by atoms with Crippen molar-refractivity contribution in [1.29, 1.82) is 0 Å². The molecule has 27 heavy (non-hydrogen) atoms. The molecule has 0 saturated carbocycles. The molecule has 7 heteroatoms. The van der Waals surface area contributed by atoms with Gasteiger partial charge in [-0.25, -0.2) is 0 Å². The van der Waals surface area contributed by atoms with Crippen molar-refractivity contribution in [3.05, 3.63) is 18.2 Å². The number of unbranched alkanes of at least 4 members (excludes halogenated alkanes) is 3. The summed E-state index contributed by atoms with van der Waals surface area (Å²) < 4.78 is 16.0. The van der Waals surface area contributed by atoms with E-state index in [1.165, 1.54) is 7.11 Å². The summed E-state index contributed by atoms with van der Waals surface area (Å²) in [6.07, 6.45) is 5.29. The Labute approximate surface area is 161 Å². The number of benzene rings is 1. The molecule has 0 saturated heterocycles. The van der Waals surface area contributed by atoms with Gasteiger partial charge < -0.3 is 24.8 Å². The predicted octanol–water partition coefficient (Wildman–Crippen LogP) is 3.35. The van der Waals surface area contributed by atoms with Crippen LogP contribution >= 0.6 is 0 Å². The summed E-state index contributed by atoms with van der Waals surface area (Å²) in [5.41, 5.74) is 0.914. The number of nitrogens with one attached hydrogen (secondary N) is 2. The van der Waals surface area contributed by atoms with E-state index in [9.17, 15) is 4.79 Å². The summed E-state index contributed by atoms with van der Waals surface area (Å²) in [5, 5.41) is 6.57. The van der Waals surface area contributed by atoms with Gasteiger partial charge in [-0.05, 0) is 31.9 Å². The highest BCUT2D eigenvalue weighted by Crippen LogP contribution is 2.32. The normalized spacial score (nSPS) is 13.6. The Morgan fingerprint density at radius 1 is 1.15 bits per heavy atom. The van der Waals surface area contributed by atoms with E-state index in [1.54, 1.807) is 0 Å². The fraction of sp³-hybridized carbons (Fsp3) is 0.600. The summed E-state index contributed by atoms with van der Waals surface area (Å²) in [7, 11) is 1.43. The Bertz CT molecular complexity index is 619. The first kappa shape index (κ1) is 20.9. The van der Waals surface area contributed by atoms with Crippen LogP contribution in [0.15, 0.2) is 23.2 Å². The standard InChI is InChI=1S/C20H31N3O4/c1-3-21-20(22-12-7-5-4-6-9-19(24)25-2)23-16-10-11-17-18(15-16)27-14-8-13-26-17/h10-11,15H,3-9,12-14H2,1-2H3,(H2,21,22,23). The maximum absolute atomic E-state index is 11.1. The molecule has 0 bridgehead atoms. The zero-order valence-electron chi connectivity index (χ0n) is 16.4. The minimum absolute atomic E-state index is 0.137. The van der Waals surface area contributed by atoms with Gasteiger partial charge in [-0.15, -0.1) is 0 Å². The lowest BCUT2D eigenvalue weighted by Crippen LogP contribution is -2.30. The number of anilines is 1. The van der Waals surface area contributed by atoms with Crippen molar-refractivity contribution in [3.63, 3.8) is 0 Å². The molecule has 0 atom stereocenters. The van der Waals surface area contributed by atoms with Gasteiger partial charge in [-0.2, -0.15) is 0 Å². The molecule has 0 spiro atoms. The summed E-state index contributed by atoms with van der Waals surface area (Å²) in [6, 6.07) is 5.83. The first-order chi connectivity index (χ1) is 13.2. The van der Waals surface area contributed by atoms with E-state index in [0.717, 1.165) is 68.3 Å². The number of guanidine groups is 1. The third kappa shape index (κ3) is 7.76. The number of aliphatic imine (C=N–C) groups is 1. The van der Waals surface area contributed by atoms with E-state index >= 15 is 0 Å². The lowest BCUT2D eigenvalue weighted by Gasteiger charge is -2.13. The molecule has 7 nitrogen and oxygen atoms in total. The monoisotopic (exact) mass is 377 g/mol. The Morgan fingerprint density at radius 3 is 2.70 bits per heavy atom. The van der Waals surface area contributed by atoms with Crippen LogP contribution in [0.5, 0.6) is 11.5 Å². The molecule has 1 aromatic rings. The Hall–Kier alpha value is -2.44. The van der Waals surface area contributed by atoms with Gasteiger partial charge in [0.1, 0.15) is 0 Å². The molecular formula is C20H31N3O4. The highest BCUT2D eigenvalue weighted by molar-refractivity contribution is 5.93. The second kappa shape index (κ2) is 12.0. The predicted molar refractivity (Wildman–Crippen MR) is 107 cm³/mol. The third-order valence-electron chi connectivity index (χ3n) is 4.14.